The van der Waals surface area contributed by atoms with Crippen LogP contribution in [0.15, 0.2) is 48.5 Å². The molecule has 0 aliphatic rings. The van der Waals surface area contributed by atoms with Gasteiger partial charge in [-0.05, 0) is 49.7 Å². The summed E-state index contributed by atoms with van der Waals surface area (Å²) in [5.74, 6) is 0.610. The van der Waals surface area contributed by atoms with Crippen molar-refractivity contribution in [2.45, 2.75) is 26.4 Å². The molecule has 2 aromatic rings. The van der Waals surface area contributed by atoms with Crippen molar-refractivity contribution in [3.05, 3.63) is 59.7 Å². The van der Waals surface area contributed by atoms with Gasteiger partial charge in [-0.15, -0.1) is 0 Å². The molecule has 0 bridgehead atoms. The molecule has 0 atom stereocenters. The maximum absolute atomic E-state index is 12.1. The number of hydrogen-bond donors (Lipinski definition) is 2. The van der Waals surface area contributed by atoms with Gasteiger partial charge in [-0.1, -0.05) is 18.2 Å². The zero-order chi connectivity index (χ0) is 18.2. The van der Waals surface area contributed by atoms with Crippen LogP contribution in [-0.2, 0) is 11.2 Å². The van der Waals surface area contributed by atoms with E-state index >= 15 is 0 Å². The highest BCUT2D eigenvalue weighted by Gasteiger charge is 2.09. The van der Waals surface area contributed by atoms with Gasteiger partial charge in [0.15, 0.2) is 0 Å². The van der Waals surface area contributed by atoms with Crippen molar-refractivity contribution in [1.29, 1.82) is 0 Å². The van der Waals surface area contributed by atoms with Gasteiger partial charge in [-0.2, -0.15) is 0 Å². The lowest BCUT2D eigenvalue weighted by atomic mass is 10.1. The third-order valence-electron chi connectivity index (χ3n) is 3.31. The summed E-state index contributed by atoms with van der Waals surface area (Å²) in [7, 11) is 1.58. The Morgan fingerprint density at radius 1 is 1.00 bits per heavy atom. The molecule has 2 amide bonds. The standard InChI is InChI=1S/C19H22N2O4/c1-13(2)25-17-6-4-5-15(12-17)19(23)21-20-18(22)11-14-7-9-16(24-3)10-8-14/h4-10,12-13H,11H2,1-3H3,(H,20,22)(H,21,23). The number of hydrogen-bond acceptors (Lipinski definition) is 4. The number of amides is 2. The summed E-state index contributed by atoms with van der Waals surface area (Å²) in [5, 5.41) is 0. The van der Waals surface area contributed by atoms with Crippen molar-refractivity contribution >= 4 is 11.8 Å². The minimum atomic E-state index is -0.405. The summed E-state index contributed by atoms with van der Waals surface area (Å²) in [6.45, 7) is 3.82. The number of ether oxygens (including phenoxy) is 2. The maximum atomic E-state index is 12.1. The van der Waals surface area contributed by atoms with Crippen LogP contribution in [0.2, 0.25) is 0 Å². The number of nitrogens with one attached hydrogen (secondary N) is 2. The molecule has 0 unspecified atom stereocenters. The van der Waals surface area contributed by atoms with E-state index in [9.17, 15) is 9.59 Å². The molecule has 0 saturated carbocycles. The van der Waals surface area contributed by atoms with Gasteiger partial charge < -0.3 is 9.47 Å². The van der Waals surface area contributed by atoms with Gasteiger partial charge in [-0.3, -0.25) is 20.4 Å². The highest BCUT2D eigenvalue weighted by Crippen LogP contribution is 2.15. The Morgan fingerprint density at radius 3 is 2.36 bits per heavy atom. The van der Waals surface area contributed by atoms with Crippen LogP contribution in [0.25, 0.3) is 0 Å². The number of carbonyl (C=O) groups excluding carboxylic acids is 2. The highest BCUT2D eigenvalue weighted by atomic mass is 16.5. The molecule has 132 valence electrons. The Balaban J connectivity index is 1.87. The van der Waals surface area contributed by atoms with E-state index in [1.807, 2.05) is 13.8 Å². The molecule has 0 radical (unpaired) electrons. The Labute approximate surface area is 147 Å². The minimum absolute atomic E-state index is 0.0162. The monoisotopic (exact) mass is 342 g/mol. The summed E-state index contributed by atoms with van der Waals surface area (Å²) < 4.78 is 10.6. The summed E-state index contributed by atoms with van der Waals surface area (Å²) in [6.07, 6.45) is 0.170. The quantitative estimate of drug-likeness (QED) is 0.791. The van der Waals surface area contributed by atoms with Crippen LogP contribution in [0.3, 0.4) is 0 Å². The zero-order valence-electron chi connectivity index (χ0n) is 14.5. The van der Waals surface area contributed by atoms with Crippen LogP contribution in [0.1, 0.15) is 29.8 Å². The fourth-order valence-corrected chi connectivity index (χ4v) is 2.15. The fourth-order valence-electron chi connectivity index (χ4n) is 2.15. The van der Waals surface area contributed by atoms with Gasteiger partial charge in [0.2, 0.25) is 5.91 Å². The number of hydrazine groups is 1. The average molecular weight is 342 g/mol. The van der Waals surface area contributed by atoms with E-state index in [4.69, 9.17) is 9.47 Å². The molecule has 25 heavy (non-hydrogen) atoms. The molecular formula is C19H22N2O4. The summed E-state index contributed by atoms with van der Waals surface area (Å²) in [6, 6.07) is 13.9. The number of carbonyl (C=O) groups is 2. The largest absolute Gasteiger partial charge is 0.497 e. The fraction of sp³-hybridized carbons (Fsp3) is 0.263. The van der Waals surface area contributed by atoms with E-state index in [0.29, 0.717) is 11.3 Å². The molecule has 0 aromatic heterocycles. The molecule has 0 aliphatic carbocycles. The number of benzene rings is 2. The molecule has 0 aliphatic heterocycles. The van der Waals surface area contributed by atoms with E-state index in [1.54, 1.807) is 55.6 Å². The first-order valence-electron chi connectivity index (χ1n) is 7.96. The summed E-state index contributed by atoms with van der Waals surface area (Å²) >= 11 is 0. The first-order chi connectivity index (χ1) is 12.0. The van der Waals surface area contributed by atoms with Gasteiger partial charge in [0.25, 0.3) is 5.91 Å². The first-order valence-corrected chi connectivity index (χ1v) is 7.96. The molecule has 2 rings (SSSR count). The Kier molecular flexibility index (Phi) is 6.39. The zero-order valence-corrected chi connectivity index (χ0v) is 14.5. The van der Waals surface area contributed by atoms with Crippen LogP contribution in [-0.4, -0.2) is 25.0 Å². The van der Waals surface area contributed by atoms with E-state index in [1.165, 1.54) is 0 Å². The van der Waals surface area contributed by atoms with Crippen LogP contribution >= 0.6 is 0 Å². The van der Waals surface area contributed by atoms with Crippen LogP contribution < -0.4 is 20.3 Å². The molecular weight excluding hydrogens is 320 g/mol. The second kappa shape index (κ2) is 8.73. The second-order valence-electron chi connectivity index (χ2n) is 5.72. The van der Waals surface area contributed by atoms with Crippen molar-refractivity contribution < 1.29 is 19.1 Å². The summed E-state index contributed by atoms with van der Waals surface area (Å²) in [5.41, 5.74) is 6.04. The van der Waals surface area contributed by atoms with Gasteiger partial charge in [-0.25, -0.2) is 0 Å². The minimum Gasteiger partial charge on any atom is -0.497 e. The van der Waals surface area contributed by atoms with E-state index in [-0.39, 0.29) is 18.4 Å². The van der Waals surface area contributed by atoms with Crippen LogP contribution in [0.5, 0.6) is 11.5 Å². The Hall–Kier alpha value is -3.02. The van der Waals surface area contributed by atoms with E-state index in [0.717, 1.165) is 11.3 Å². The van der Waals surface area contributed by atoms with Gasteiger partial charge >= 0.3 is 0 Å². The van der Waals surface area contributed by atoms with Gasteiger partial charge in [0.1, 0.15) is 11.5 Å². The normalized spacial score (nSPS) is 10.2. The highest BCUT2D eigenvalue weighted by molar-refractivity contribution is 5.95. The van der Waals surface area contributed by atoms with Crippen molar-refractivity contribution in [3.8, 4) is 11.5 Å². The molecule has 0 saturated heterocycles. The third-order valence-corrected chi connectivity index (χ3v) is 3.31. The van der Waals surface area contributed by atoms with Crippen LogP contribution in [0.4, 0.5) is 0 Å². The molecule has 2 aromatic carbocycles. The van der Waals surface area contributed by atoms with Crippen molar-refractivity contribution in [3.63, 3.8) is 0 Å². The van der Waals surface area contributed by atoms with E-state index < -0.39 is 5.91 Å². The summed E-state index contributed by atoms with van der Waals surface area (Å²) in [4.78, 5) is 24.1. The molecule has 0 heterocycles. The predicted octanol–water partition coefficient (Wildman–Crippen LogP) is 2.49. The molecule has 0 fully saturated rings. The second-order valence-corrected chi connectivity index (χ2v) is 5.72. The van der Waals surface area contributed by atoms with Gasteiger partial charge in [0.05, 0.1) is 19.6 Å². The number of methoxy groups -OCH3 is 1. The topological polar surface area (TPSA) is 76.7 Å². The number of rotatable bonds is 6. The lowest BCUT2D eigenvalue weighted by Gasteiger charge is -2.11. The van der Waals surface area contributed by atoms with Crippen molar-refractivity contribution in [2.24, 2.45) is 0 Å². The lowest BCUT2D eigenvalue weighted by Crippen LogP contribution is -2.42. The Bertz CT molecular complexity index is 726. The van der Waals surface area contributed by atoms with E-state index in [2.05, 4.69) is 10.9 Å². The van der Waals surface area contributed by atoms with Crippen molar-refractivity contribution in [1.82, 2.24) is 10.9 Å². The Morgan fingerprint density at radius 2 is 1.72 bits per heavy atom. The van der Waals surface area contributed by atoms with Crippen molar-refractivity contribution in [2.75, 3.05) is 7.11 Å². The molecule has 2 N–H and O–H groups in total. The molecule has 6 heteroatoms. The average Bonchev–Trinajstić information content (AvgIpc) is 2.60. The first kappa shape index (κ1) is 18.3. The molecule has 0 spiro atoms. The smallest absolute Gasteiger partial charge is 0.269 e. The predicted molar refractivity (Wildman–Crippen MR) is 94.5 cm³/mol. The lowest BCUT2D eigenvalue weighted by molar-refractivity contribution is -0.121. The van der Waals surface area contributed by atoms with Crippen LogP contribution in [0, 0.1) is 0 Å². The SMILES string of the molecule is COc1ccc(CC(=O)NNC(=O)c2cccc(OC(C)C)c2)cc1. The third kappa shape index (κ3) is 5.84. The molecule has 6 nitrogen and oxygen atoms in total. The maximum Gasteiger partial charge on any atom is 0.269 e. The van der Waals surface area contributed by atoms with Gasteiger partial charge in [0, 0.05) is 5.56 Å².